The van der Waals surface area contributed by atoms with Crippen molar-refractivity contribution in [3.8, 4) is 0 Å². The monoisotopic (exact) mass is 512 g/mol. The number of nitrogens with two attached hydrogens (primary N) is 2. The SMILES string of the molecule is C[C@]1(O)[C@@H](O)[C@H](n2ccc3c(N)ncnc32)O[C@@]1(C)CCc1ccc2cc(Br)c(N)nc2c1. The van der Waals surface area contributed by atoms with E-state index in [1.54, 1.807) is 23.8 Å². The third-order valence-electron chi connectivity index (χ3n) is 6.87. The van der Waals surface area contributed by atoms with Gasteiger partial charge in [-0.2, -0.15) is 0 Å². The number of fused-ring (bicyclic) bond motifs is 2. The minimum atomic E-state index is -1.50. The van der Waals surface area contributed by atoms with Crippen molar-refractivity contribution >= 4 is 49.5 Å². The van der Waals surface area contributed by atoms with Gasteiger partial charge in [-0.1, -0.05) is 12.1 Å². The fraction of sp³-hybridized carbons (Fsp3) is 0.348. The van der Waals surface area contributed by atoms with Crippen LogP contribution in [0.5, 0.6) is 0 Å². The van der Waals surface area contributed by atoms with Crippen LogP contribution in [0.3, 0.4) is 0 Å². The Morgan fingerprint density at radius 1 is 1.15 bits per heavy atom. The van der Waals surface area contributed by atoms with Crippen LogP contribution in [0.15, 0.2) is 47.3 Å². The van der Waals surface area contributed by atoms with Crippen LogP contribution in [0.25, 0.3) is 21.9 Å². The van der Waals surface area contributed by atoms with Crippen molar-refractivity contribution in [2.45, 2.75) is 50.2 Å². The highest BCUT2D eigenvalue weighted by molar-refractivity contribution is 9.10. The lowest BCUT2D eigenvalue weighted by atomic mass is 9.80. The fourth-order valence-corrected chi connectivity index (χ4v) is 4.83. The molecule has 0 spiro atoms. The summed E-state index contributed by atoms with van der Waals surface area (Å²) in [5, 5.41) is 24.0. The van der Waals surface area contributed by atoms with Gasteiger partial charge in [-0.15, -0.1) is 0 Å². The molecule has 5 rings (SSSR count). The lowest BCUT2D eigenvalue weighted by Crippen LogP contribution is -2.52. The summed E-state index contributed by atoms with van der Waals surface area (Å²) in [6.45, 7) is 3.42. The summed E-state index contributed by atoms with van der Waals surface area (Å²) in [5.41, 5.74) is 11.7. The molecule has 0 amide bonds. The molecular formula is C23H25BrN6O3. The van der Waals surface area contributed by atoms with Gasteiger partial charge in [-0.25, -0.2) is 15.0 Å². The molecule has 0 saturated carbocycles. The molecule has 0 bridgehead atoms. The summed E-state index contributed by atoms with van der Waals surface area (Å²) >= 11 is 3.40. The number of aromatic nitrogens is 4. The first kappa shape index (κ1) is 22.0. The van der Waals surface area contributed by atoms with E-state index in [4.69, 9.17) is 16.2 Å². The second-order valence-electron chi connectivity index (χ2n) is 8.93. The maximum atomic E-state index is 11.3. The average Bonchev–Trinajstić information content (AvgIpc) is 3.28. The molecule has 3 aromatic heterocycles. The van der Waals surface area contributed by atoms with E-state index in [-0.39, 0.29) is 0 Å². The van der Waals surface area contributed by atoms with Crippen LogP contribution in [-0.4, -0.2) is 47.0 Å². The van der Waals surface area contributed by atoms with E-state index in [9.17, 15) is 10.2 Å². The number of aliphatic hydroxyl groups is 2. The number of hydrogen-bond acceptors (Lipinski definition) is 8. The standard InChI is InChI=1S/C23H25BrN6O3/c1-22(7-5-12-3-4-13-10-15(24)19(26)29-16(13)9-12)23(2,32)17(31)21(33-22)30-8-6-14-18(25)27-11-28-20(14)30/h3-4,6,8-11,17,21,31-32H,5,7H2,1-2H3,(H2,26,29)(H2,25,27,28)/t17-,21+,22-,23-/m0/s1. The molecular weight excluding hydrogens is 488 g/mol. The highest BCUT2D eigenvalue weighted by Crippen LogP contribution is 2.47. The predicted molar refractivity (Wildman–Crippen MR) is 129 cm³/mol. The largest absolute Gasteiger partial charge is 0.385 e. The summed E-state index contributed by atoms with van der Waals surface area (Å²) in [6.07, 6.45) is 2.19. The average molecular weight is 513 g/mol. The summed E-state index contributed by atoms with van der Waals surface area (Å²) in [4.78, 5) is 12.7. The number of aryl methyl sites for hydroxylation is 1. The quantitative estimate of drug-likeness (QED) is 0.326. The molecule has 0 radical (unpaired) electrons. The van der Waals surface area contributed by atoms with E-state index in [1.165, 1.54) is 6.33 Å². The molecule has 9 nitrogen and oxygen atoms in total. The minimum absolute atomic E-state index is 0.346. The normalized spacial score (nSPS) is 27.5. The number of nitrogens with zero attached hydrogens (tertiary/aromatic N) is 4. The van der Waals surface area contributed by atoms with Crippen LogP contribution in [0.4, 0.5) is 11.6 Å². The molecule has 1 aromatic carbocycles. The number of anilines is 2. The van der Waals surface area contributed by atoms with Gasteiger partial charge in [0.1, 0.15) is 35.3 Å². The number of nitrogen functional groups attached to an aromatic ring is 2. The zero-order chi connectivity index (χ0) is 23.5. The van der Waals surface area contributed by atoms with E-state index in [0.29, 0.717) is 35.5 Å². The highest BCUT2D eigenvalue weighted by atomic mass is 79.9. The second kappa shape index (κ2) is 7.63. The molecule has 33 heavy (non-hydrogen) atoms. The van der Waals surface area contributed by atoms with Crippen LogP contribution in [0.2, 0.25) is 0 Å². The number of benzene rings is 1. The van der Waals surface area contributed by atoms with Crippen LogP contribution < -0.4 is 11.5 Å². The van der Waals surface area contributed by atoms with Gasteiger partial charge in [0, 0.05) is 11.6 Å². The maximum Gasteiger partial charge on any atom is 0.165 e. The molecule has 4 heterocycles. The van der Waals surface area contributed by atoms with Crippen LogP contribution in [0.1, 0.15) is 32.1 Å². The number of rotatable bonds is 4. The third-order valence-corrected chi connectivity index (χ3v) is 7.50. The summed E-state index contributed by atoms with van der Waals surface area (Å²) in [6, 6.07) is 9.71. The Morgan fingerprint density at radius 3 is 2.73 bits per heavy atom. The van der Waals surface area contributed by atoms with Crippen LogP contribution in [0, 0.1) is 0 Å². The molecule has 6 N–H and O–H groups in total. The highest BCUT2D eigenvalue weighted by Gasteiger charge is 2.60. The Bertz CT molecular complexity index is 1370. The first-order valence-electron chi connectivity index (χ1n) is 10.6. The first-order chi connectivity index (χ1) is 15.6. The zero-order valence-electron chi connectivity index (χ0n) is 18.2. The van der Waals surface area contributed by atoms with Crippen molar-refractivity contribution in [1.29, 1.82) is 0 Å². The van der Waals surface area contributed by atoms with Gasteiger partial charge in [0.05, 0.1) is 21.0 Å². The van der Waals surface area contributed by atoms with E-state index < -0.39 is 23.5 Å². The molecule has 4 atom stereocenters. The smallest absolute Gasteiger partial charge is 0.165 e. The lowest BCUT2D eigenvalue weighted by Gasteiger charge is -2.36. The number of ether oxygens (including phenoxy) is 1. The molecule has 1 fully saturated rings. The van der Waals surface area contributed by atoms with Gasteiger partial charge in [0.15, 0.2) is 6.23 Å². The second-order valence-corrected chi connectivity index (χ2v) is 9.79. The Hall–Kier alpha value is -2.79. The summed E-state index contributed by atoms with van der Waals surface area (Å²) in [7, 11) is 0. The Balaban J connectivity index is 1.42. The van der Waals surface area contributed by atoms with Gasteiger partial charge in [-0.05, 0) is 66.4 Å². The number of hydrogen-bond donors (Lipinski definition) is 4. The van der Waals surface area contributed by atoms with Gasteiger partial charge in [0.25, 0.3) is 0 Å². The lowest BCUT2D eigenvalue weighted by molar-refractivity contribution is -0.131. The predicted octanol–water partition coefficient (Wildman–Crippen LogP) is 2.94. The van der Waals surface area contributed by atoms with Crippen molar-refractivity contribution in [2.75, 3.05) is 11.5 Å². The van der Waals surface area contributed by atoms with E-state index in [1.807, 2.05) is 31.2 Å². The Kier molecular flexibility index (Phi) is 5.09. The van der Waals surface area contributed by atoms with E-state index in [0.717, 1.165) is 20.9 Å². The van der Waals surface area contributed by atoms with Crippen molar-refractivity contribution in [1.82, 2.24) is 19.5 Å². The van der Waals surface area contributed by atoms with E-state index >= 15 is 0 Å². The minimum Gasteiger partial charge on any atom is -0.385 e. The van der Waals surface area contributed by atoms with Gasteiger partial charge < -0.3 is 31.0 Å². The molecule has 1 aliphatic rings. The van der Waals surface area contributed by atoms with Crippen molar-refractivity contribution < 1.29 is 14.9 Å². The third kappa shape index (κ3) is 3.45. The molecule has 172 valence electrons. The molecule has 0 aliphatic carbocycles. The van der Waals surface area contributed by atoms with Gasteiger partial charge >= 0.3 is 0 Å². The number of halogens is 1. The molecule has 0 unspecified atom stereocenters. The van der Waals surface area contributed by atoms with Crippen molar-refractivity contribution in [2.24, 2.45) is 0 Å². The summed E-state index contributed by atoms with van der Waals surface area (Å²) in [5.74, 6) is 0.779. The number of aliphatic hydroxyl groups excluding tert-OH is 1. The fourth-order valence-electron chi connectivity index (χ4n) is 4.50. The van der Waals surface area contributed by atoms with Gasteiger partial charge in [0.2, 0.25) is 0 Å². The van der Waals surface area contributed by atoms with Crippen molar-refractivity contribution in [3.63, 3.8) is 0 Å². The maximum absolute atomic E-state index is 11.3. The summed E-state index contributed by atoms with van der Waals surface area (Å²) < 4.78 is 8.79. The molecule has 4 aromatic rings. The van der Waals surface area contributed by atoms with E-state index in [2.05, 4.69) is 30.9 Å². The Labute approximate surface area is 198 Å². The molecule has 1 saturated heterocycles. The zero-order valence-corrected chi connectivity index (χ0v) is 19.8. The first-order valence-corrected chi connectivity index (χ1v) is 11.4. The van der Waals surface area contributed by atoms with Crippen molar-refractivity contribution in [3.05, 3.63) is 52.9 Å². The molecule has 10 heteroatoms. The molecule has 1 aliphatic heterocycles. The topological polar surface area (TPSA) is 145 Å². The van der Waals surface area contributed by atoms with Crippen LogP contribution >= 0.6 is 15.9 Å². The number of pyridine rings is 1. The van der Waals surface area contributed by atoms with Gasteiger partial charge in [-0.3, -0.25) is 0 Å². The Morgan fingerprint density at radius 2 is 1.94 bits per heavy atom. The van der Waals surface area contributed by atoms with Crippen LogP contribution in [-0.2, 0) is 11.2 Å².